The van der Waals surface area contributed by atoms with E-state index < -0.39 is 0 Å². The topological polar surface area (TPSA) is 12.0 Å². The summed E-state index contributed by atoms with van der Waals surface area (Å²) in [4.78, 5) is 0. The maximum absolute atomic E-state index is 6.30. The van der Waals surface area contributed by atoms with Crippen LogP contribution in [0.1, 0.15) is 45.7 Å². The van der Waals surface area contributed by atoms with Crippen LogP contribution in [0.5, 0.6) is 0 Å². The molecule has 0 aromatic heterocycles. The molecule has 0 spiro atoms. The van der Waals surface area contributed by atoms with Crippen molar-refractivity contribution in [2.24, 2.45) is 5.41 Å². The third-order valence-electron chi connectivity index (χ3n) is 3.37. The van der Waals surface area contributed by atoms with Gasteiger partial charge in [-0.1, -0.05) is 57.0 Å². The lowest BCUT2D eigenvalue weighted by Gasteiger charge is -2.35. The molecule has 1 nitrogen and oxygen atoms in total. The molecule has 96 valence electrons. The molecule has 1 rings (SSSR count). The van der Waals surface area contributed by atoms with Gasteiger partial charge in [0.05, 0.1) is 0 Å². The van der Waals surface area contributed by atoms with Crippen molar-refractivity contribution < 1.29 is 0 Å². The fraction of sp³-hybridized carbons (Fsp3) is 0.571. The molecule has 0 aliphatic carbocycles. The van der Waals surface area contributed by atoms with Crippen molar-refractivity contribution in [1.29, 1.82) is 0 Å². The van der Waals surface area contributed by atoms with Gasteiger partial charge in [0, 0.05) is 16.1 Å². The minimum atomic E-state index is 0.160. The molecule has 0 heterocycles. The van der Waals surface area contributed by atoms with E-state index in [1.165, 1.54) is 0 Å². The lowest BCUT2D eigenvalue weighted by atomic mass is 9.78. The Labute approximate surface area is 115 Å². The highest BCUT2D eigenvalue weighted by Gasteiger charge is 2.29. The number of rotatable bonds is 5. The van der Waals surface area contributed by atoms with Gasteiger partial charge in [-0.15, -0.1) is 0 Å². The molecule has 0 amide bonds. The van der Waals surface area contributed by atoms with Crippen LogP contribution in [0, 0.1) is 5.41 Å². The highest BCUT2D eigenvalue weighted by atomic mass is 35.5. The van der Waals surface area contributed by atoms with Crippen molar-refractivity contribution in [1.82, 2.24) is 5.32 Å². The van der Waals surface area contributed by atoms with Gasteiger partial charge in [0.15, 0.2) is 0 Å². The molecule has 0 radical (unpaired) electrons. The monoisotopic (exact) mass is 273 g/mol. The molecular weight excluding hydrogens is 253 g/mol. The SMILES string of the molecule is CCNC(c1ccc(Cl)cc1Cl)C(C)(C)CC. The molecule has 0 fully saturated rings. The third-order valence-corrected chi connectivity index (χ3v) is 3.94. The Morgan fingerprint density at radius 2 is 1.88 bits per heavy atom. The molecule has 0 aliphatic rings. The van der Waals surface area contributed by atoms with Crippen molar-refractivity contribution in [3.63, 3.8) is 0 Å². The molecule has 1 unspecified atom stereocenters. The molecule has 1 atom stereocenters. The summed E-state index contributed by atoms with van der Waals surface area (Å²) in [7, 11) is 0. The largest absolute Gasteiger partial charge is 0.310 e. The maximum Gasteiger partial charge on any atom is 0.0468 e. The second-order valence-corrected chi connectivity index (χ2v) is 5.84. The molecule has 1 N–H and O–H groups in total. The summed E-state index contributed by atoms with van der Waals surface area (Å²) in [5.41, 5.74) is 1.29. The smallest absolute Gasteiger partial charge is 0.0468 e. The van der Waals surface area contributed by atoms with Crippen LogP contribution >= 0.6 is 23.2 Å². The maximum atomic E-state index is 6.30. The second kappa shape index (κ2) is 6.08. The van der Waals surface area contributed by atoms with Gasteiger partial charge >= 0.3 is 0 Å². The standard InChI is InChI=1S/C14H21Cl2N/c1-5-14(3,4)13(17-6-2)11-8-7-10(15)9-12(11)16/h7-9,13,17H,5-6H2,1-4H3. The van der Waals surface area contributed by atoms with Gasteiger partial charge in [0.2, 0.25) is 0 Å². The van der Waals surface area contributed by atoms with Crippen molar-refractivity contribution in [3.8, 4) is 0 Å². The van der Waals surface area contributed by atoms with E-state index in [2.05, 4.69) is 33.0 Å². The van der Waals surface area contributed by atoms with Crippen LogP contribution in [0.25, 0.3) is 0 Å². The van der Waals surface area contributed by atoms with Gasteiger partial charge in [-0.2, -0.15) is 0 Å². The Morgan fingerprint density at radius 1 is 1.24 bits per heavy atom. The van der Waals surface area contributed by atoms with E-state index in [9.17, 15) is 0 Å². The van der Waals surface area contributed by atoms with Gasteiger partial charge in [0.25, 0.3) is 0 Å². The molecule has 1 aromatic rings. The van der Waals surface area contributed by atoms with Gasteiger partial charge in [-0.3, -0.25) is 0 Å². The third kappa shape index (κ3) is 3.61. The zero-order valence-electron chi connectivity index (χ0n) is 11.0. The predicted octanol–water partition coefficient (Wildman–Crippen LogP) is 5.08. The van der Waals surface area contributed by atoms with E-state index in [1.54, 1.807) is 0 Å². The van der Waals surface area contributed by atoms with Gasteiger partial charge < -0.3 is 5.32 Å². The summed E-state index contributed by atoms with van der Waals surface area (Å²) in [6, 6.07) is 5.99. The van der Waals surface area contributed by atoms with E-state index in [4.69, 9.17) is 23.2 Å². The molecule has 17 heavy (non-hydrogen) atoms. The number of hydrogen-bond donors (Lipinski definition) is 1. The van der Waals surface area contributed by atoms with E-state index >= 15 is 0 Å². The Bertz CT molecular complexity index is 374. The first kappa shape index (κ1) is 14.8. The van der Waals surface area contributed by atoms with E-state index in [0.29, 0.717) is 5.02 Å². The fourth-order valence-corrected chi connectivity index (χ4v) is 2.47. The average Bonchev–Trinajstić information content (AvgIpc) is 2.27. The van der Waals surface area contributed by atoms with Gasteiger partial charge in [-0.25, -0.2) is 0 Å². The van der Waals surface area contributed by atoms with Crippen LogP contribution < -0.4 is 5.32 Å². The summed E-state index contributed by atoms with van der Waals surface area (Å²) in [6.07, 6.45) is 1.09. The van der Waals surface area contributed by atoms with E-state index in [0.717, 1.165) is 23.6 Å². The van der Waals surface area contributed by atoms with Crippen molar-refractivity contribution >= 4 is 23.2 Å². The van der Waals surface area contributed by atoms with Crippen LogP contribution in [0.2, 0.25) is 10.0 Å². The van der Waals surface area contributed by atoms with Crippen molar-refractivity contribution in [2.45, 2.75) is 40.2 Å². The highest BCUT2D eigenvalue weighted by Crippen LogP contribution is 2.39. The van der Waals surface area contributed by atoms with Crippen LogP contribution in [-0.4, -0.2) is 6.54 Å². The van der Waals surface area contributed by atoms with Gasteiger partial charge in [0.1, 0.15) is 0 Å². The summed E-state index contributed by atoms with van der Waals surface area (Å²) >= 11 is 12.2. The van der Waals surface area contributed by atoms with Crippen LogP contribution in [0.4, 0.5) is 0 Å². The number of nitrogens with one attached hydrogen (secondary N) is 1. The molecule has 3 heteroatoms. The van der Waals surface area contributed by atoms with Crippen LogP contribution in [-0.2, 0) is 0 Å². The molecule has 0 saturated carbocycles. The summed E-state index contributed by atoms with van der Waals surface area (Å²) in [6.45, 7) is 9.75. The normalized spacial score (nSPS) is 13.8. The lowest BCUT2D eigenvalue weighted by Crippen LogP contribution is -2.34. The van der Waals surface area contributed by atoms with Crippen LogP contribution in [0.3, 0.4) is 0 Å². The first-order valence-electron chi connectivity index (χ1n) is 6.10. The summed E-state index contributed by atoms with van der Waals surface area (Å²) in [5.74, 6) is 0. The lowest BCUT2D eigenvalue weighted by molar-refractivity contribution is 0.237. The Morgan fingerprint density at radius 3 is 2.35 bits per heavy atom. The van der Waals surface area contributed by atoms with E-state index in [-0.39, 0.29) is 11.5 Å². The second-order valence-electron chi connectivity index (χ2n) is 5.00. The molecular formula is C14H21Cl2N. The van der Waals surface area contributed by atoms with Gasteiger partial charge in [-0.05, 0) is 36.1 Å². The number of benzene rings is 1. The summed E-state index contributed by atoms with van der Waals surface area (Å²) < 4.78 is 0. The van der Waals surface area contributed by atoms with E-state index in [1.807, 2.05) is 18.2 Å². The average molecular weight is 274 g/mol. The Kier molecular flexibility index (Phi) is 5.30. The zero-order chi connectivity index (χ0) is 13.1. The quantitative estimate of drug-likeness (QED) is 0.789. The molecule has 1 aromatic carbocycles. The van der Waals surface area contributed by atoms with Crippen LogP contribution in [0.15, 0.2) is 18.2 Å². The minimum absolute atomic E-state index is 0.160. The first-order valence-corrected chi connectivity index (χ1v) is 6.86. The first-order chi connectivity index (χ1) is 7.92. The Hall–Kier alpha value is -0.240. The Balaban J connectivity index is 3.14. The predicted molar refractivity (Wildman–Crippen MR) is 77.0 cm³/mol. The fourth-order valence-electron chi connectivity index (χ4n) is 1.95. The molecule has 0 aliphatic heterocycles. The highest BCUT2D eigenvalue weighted by molar-refractivity contribution is 6.35. The minimum Gasteiger partial charge on any atom is -0.310 e. The molecule has 0 bridgehead atoms. The molecule has 0 saturated heterocycles. The number of hydrogen-bond acceptors (Lipinski definition) is 1. The number of halogens is 2. The summed E-state index contributed by atoms with van der Waals surface area (Å²) in [5, 5.41) is 4.95. The zero-order valence-corrected chi connectivity index (χ0v) is 12.5. The van der Waals surface area contributed by atoms with Crippen molar-refractivity contribution in [2.75, 3.05) is 6.54 Å². The van der Waals surface area contributed by atoms with Crippen molar-refractivity contribution in [3.05, 3.63) is 33.8 Å².